The number of nitriles is 1. The Morgan fingerprint density at radius 1 is 1.30 bits per heavy atom. The summed E-state index contributed by atoms with van der Waals surface area (Å²) in [5.41, 5.74) is 0.0513. The highest BCUT2D eigenvalue weighted by atomic mass is 79.9. The van der Waals surface area contributed by atoms with Crippen LogP contribution in [0.4, 0.5) is 8.78 Å². The fraction of sp³-hybridized carbons (Fsp3) is 0.0714. The summed E-state index contributed by atoms with van der Waals surface area (Å²) in [6, 6.07) is 9.84. The summed E-state index contributed by atoms with van der Waals surface area (Å²) in [5.74, 6) is -0.323. The largest absolute Gasteiger partial charge is 0.457 e. The summed E-state index contributed by atoms with van der Waals surface area (Å²) in [6.07, 6.45) is -1.86. The first-order valence-corrected chi connectivity index (χ1v) is 6.64. The van der Waals surface area contributed by atoms with Gasteiger partial charge in [0.15, 0.2) is 0 Å². The van der Waals surface area contributed by atoms with Crippen molar-refractivity contribution in [3.8, 4) is 17.6 Å². The van der Waals surface area contributed by atoms with Gasteiger partial charge >= 0.3 is 0 Å². The molecule has 1 atom stereocenters. The van der Waals surface area contributed by atoms with E-state index in [0.717, 1.165) is 12.1 Å². The minimum Gasteiger partial charge on any atom is -0.457 e. The highest BCUT2D eigenvalue weighted by Crippen LogP contribution is 2.37. The molecule has 0 radical (unpaired) electrons. The van der Waals surface area contributed by atoms with Crippen molar-refractivity contribution in [1.29, 1.82) is 5.26 Å². The average Bonchev–Trinajstić information content (AvgIpc) is 2.37. The van der Waals surface area contributed by atoms with E-state index in [1.165, 1.54) is 18.2 Å². The van der Waals surface area contributed by atoms with E-state index < -0.39 is 12.0 Å². The minimum absolute atomic E-state index is 0.0513. The zero-order valence-electron chi connectivity index (χ0n) is 9.91. The number of rotatable bonds is 3. The second-order valence-electron chi connectivity index (χ2n) is 3.85. The molecular weight excluding hydrogens is 352 g/mol. The van der Waals surface area contributed by atoms with Crippen molar-refractivity contribution in [2.24, 2.45) is 0 Å². The van der Waals surface area contributed by atoms with Crippen molar-refractivity contribution >= 4 is 27.5 Å². The Morgan fingerprint density at radius 2 is 2.05 bits per heavy atom. The SMILES string of the molecule is N#CC(F)c1c(Br)cccc1Oc1cc(F)cc(Cl)c1. The summed E-state index contributed by atoms with van der Waals surface area (Å²) >= 11 is 8.88. The number of alkyl halides is 1. The van der Waals surface area contributed by atoms with Crippen LogP contribution in [-0.2, 0) is 0 Å². The highest BCUT2D eigenvalue weighted by Gasteiger charge is 2.19. The third-order valence-corrected chi connectivity index (χ3v) is 3.35. The Kier molecular flexibility index (Phi) is 4.58. The predicted molar refractivity (Wildman–Crippen MR) is 75.1 cm³/mol. The number of nitrogens with zero attached hydrogens (tertiary/aromatic N) is 1. The molecule has 0 bridgehead atoms. The first-order chi connectivity index (χ1) is 9.51. The summed E-state index contributed by atoms with van der Waals surface area (Å²) in [7, 11) is 0. The second kappa shape index (κ2) is 6.21. The number of ether oxygens (including phenoxy) is 1. The maximum atomic E-state index is 13.7. The Hall–Kier alpha value is -1.64. The molecule has 0 aliphatic rings. The number of benzene rings is 2. The molecule has 0 aliphatic carbocycles. The van der Waals surface area contributed by atoms with Crippen molar-refractivity contribution in [3.05, 3.63) is 57.3 Å². The van der Waals surface area contributed by atoms with Crippen LogP contribution >= 0.6 is 27.5 Å². The molecular formula is C14H7BrClF2NO. The summed E-state index contributed by atoms with van der Waals surface area (Å²) in [5, 5.41) is 8.87. The van der Waals surface area contributed by atoms with E-state index in [2.05, 4.69) is 15.9 Å². The Bertz CT molecular complexity index is 667. The van der Waals surface area contributed by atoms with Crippen LogP contribution in [0.1, 0.15) is 11.7 Å². The van der Waals surface area contributed by atoms with E-state index in [-0.39, 0.29) is 22.1 Å². The first-order valence-electron chi connectivity index (χ1n) is 5.47. The van der Waals surface area contributed by atoms with Gasteiger partial charge in [-0.3, -0.25) is 0 Å². The van der Waals surface area contributed by atoms with Crippen molar-refractivity contribution in [3.63, 3.8) is 0 Å². The zero-order valence-corrected chi connectivity index (χ0v) is 12.3. The van der Waals surface area contributed by atoms with Crippen LogP contribution in [0.25, 0.3) is 0 Å². The van der Waals surface area contributed by atoms with Crippen molar-refractivity contribution in [2.45, 2.75) is 6.17 Å². The van der Waals surface area contributed by atoms with Crippen LogP contribution in [0.5, 0.6) is 11.5 Å². The van der Waals surface area contributed by atoms with Crippen LogP contribution in [0.3, 0.4) is 0 Å². The Labute approximate surface area is 127 Å². The molecule has 0 aromatic heterocycles. The van der Waals surface area contributed by atoms with Gasteiger partial charge in [0.1, 0.15) is 23.4 Å². The van der Waals surface area contributed by atoms with Gasteiger partial charge in [-0.05, 0) is 24.3 Å². The topological polar surface area (TPSA) is 33.0 Å². The normalized spacial score (nSPS) is 11.8. The second-order valence-corrected chi connectivity index (χ2v) is 5.14. The number of halogens is 4. The van der Waals surface area contributed by atoms with E-state index in [0.29, 0.717) is 4.47 Å². The van der Waals surface area contributed by atoms with Gasteiger partial charge in [0, 0.05) is 15.6 Å². The number of hydrogen-bond donors (Lipinski definition) is 0. The fourth-order valence-corrected chi connectivity index (χ4v) is 2.39. The van der Waals surface area contributed by atoms with Gasteiger partial charge in [-0.15, -0.1) is 0 Å². The lowest BCUT2D eigenvalue weighted by Gasteiger charge is -2.13. The van der Waals surface area contributed by atoms with Crippen LogP contribution in [0, 0.1) is 17.1 Å². The van der Waals surface area contributed by atoms with E-state index in [4.69, 9.17) is 21.6 Å². The summed E-state index contributed by atoms with van der Waals surface area (Å²) < 4.78 is 32.7. The molecule has 0 saturated heterocycles. The fourth-order valence-electron chi connectivity index (χ4n) is 1.63. The van der Waals surface area contributed by atoms with Gasteiger partial charge in [-0.2, -0.15) is 5.26 Å². The lowest BCUT2D eigenvalue weighted by Crippen LogP contribution is -1.96. The molecule has 0 saturated carbocycles. The van der Waals surface area contributed by atoms with Crippen molar-refractivity contribution in [1.82, 2.24) is 0 Å². The standard InChI is InChI=1S/C14H7BrClF2NO/c15-11-2-1-3-13(14(11)12(18)7-19)20-10-5-8(16)4-9(17)6-10/h1-6,12H. The third-order valence-electron chi connectivity index (χ3n) is 2.44. The highest BCUT2D eigenvalue weighted by molar-refractivity contribution is 9.10. The molecule has 102 valence electrons. The maximum Gasteiger partial charge on any atom is 0.215 e. The number of hydrogen-bond acceptors (Lipinski definition) is 2. The minimum atomic E-state index is -1.86. The molecule has 0 spiro atoms. The van der Waals surface area contributed by atoms with Crippen molar-refractivity contribution in [2.75, 3.05) is 0 Å². The maximum absolute atomic E-state index is 13.7. The molecule has 1 unspecified atom stereocenters. The van der Waals surface area contributed by atoms with Gasteiger partial charge < -0.3 is 4.74 Å². The van der Waals surface area contributed by atoms with Gasteiger partial charge in [0.05, 0.1) is 5.56 Å². The van der Waals surface area contributed by atoms with Crippen LogP contribution in [0.15, 0.2) is 40.9 Å². The van der Waals surface area contributed by atoms with E-state index in [1.54, 1.807) is 12.1 Å². The van der Waals surface area contributed by atoms with E-state index in [1.807, 2.05) is 0 Å². The lowest BCUT2D eigenvalue weighted by molar-refractivity contribution is 0.398. The van der Waals surface area contributed by atoms with Gasteiger partial charge in [-0.1, -0.05) is 33.6 Å². The Balaban J connectivity index is 2.44. The monoisotopic (exact) mass is 357 g/mol. The molecule has 0 amide bonds. The molecule has 2 nitrogen and oxygen atoms in total. The third kappa shape index (κ3) is 3.27. The lowest BCUT2D eigenvalue weighted by atomic mass is 10.1. The molecule has 0 aliphatic heterocycles. The quantitative estimate of drug-likeness (QED) is 0.719. The predicted octanol–water partition coefficient (Wildman–Crippen LogP) is 5.57. The molecule has 0 fully saturated rings. The molecule has 2 aromatic rings. The van der Waals surface area contributed by atoms with E-state index >= 15 is 0 Å². The van der Waals surface area contributed by atoms with Gasteiger partial charge in [-0.25, -0.2) is 8.78 Å². The molecule has 6 heteroatoms. The zero-order chi connectivity index (χ0) is 14.7. The molecule has 0 heterocycles. The molecule has 2 rings (SSSR count). The summed E-state index contributed by atoms with van der Waals surface area (Å²) in [4.78, 5) is 0. The van der Waals surface area contributed by atoms with Crippen molar-refractivity contribution < 1.29 is 13.5 Å². The molecule has 2 aromatic carbocycles. The van der Waals surface area contributed by atoms with Gasteiger partial charge in [0.25, 0.3) is 0 Å². The van der Waals surface area contributed by atoms with E-state index in [9.17, 15) is 8.78 Å². The summed E-state index contributed by atoms with van der Waals surface area (Å²) in [6.45, 7) is 0. The Morgan fingerprint density at radius 3 is 2.70 bits per heavy atom. The average molecular weight is 359 g/mol. The van der Waals surface area contributed by atoms with Crippen LogP contribution in [0.2, 0.25) is 5.02 Å². The van der Waals surface area contributed by atoms with Gasteiger partial charge in [0.2, 0.25) is 6.17 Å². The molecule has 0 N–H and O–H groups in total. The smallest absolute Gasteiger partial charge is 0.215 e. The molecule has 20 heavy (non-hydrogen) atoms. The first kappa shape index (κ1) is 14.8. The van der Waals surface area contributed by atoms with Crippen LogP contribution in [-0.4, -0.2) is 0 Å². The van der Waals surface area contributed by atoms with Crippen LogP contribution < -0.4 is 4.74 Å².